The first-order valence-corrected chi connectivity index (χ1v) is 10.1. The zero-order valence-corrected chi connectivity index (χ0v) is 17.1. The highest BCUT2D eigenvalue weighted by Crippen LogP contribution is 2.36. The second-order valence-corrected chi connectivity index (χ2v) is 7.74. The number of aromatic nitrogens is 3. The molecule has 2 aromatic heterocycles. The van der Waals surface area contributed by atoms with Gasteiger partial charge in [-0.1, -0.05) is 35.7 Å². The van der Waals surface area contributed by atoms with E-state index in [9.17, 15) is 9.18 Å². The van der Waals surface area contributed by atoms with Crippen LogP contribution < -0.4 is 0 Å². The lowest BCUT2D eigenvalue weighted by Gasteiger charge is -2.29. The molecular weight excluding hydrogens is 395 g/mol. The number of halogens is 2. The molecule has 4 rings (SSSR count). The molecule has 0 saturated carbocycles. The van der Waals surface area contributed by atoms with Gasteiger partial charge in [0.15, 0.2) is 0 Å². The van der Waals surface area contributed by atoms with Gasteiger partial charge in [0, 0.05) is 19.8 Å². The summed E-state index contributed by atoms with van der Waals surface area (Å²) >= 11 is 6.23. The molecule has 0 aliphatic carbocycles. The van der Waals surface area contributed by atoms with Gasteiger partial charge < -0.3 is 9.42 Å². The Morgan fingerprint density at radius 2 is 2.10 bits per heavy atom. The van der Waals surface area contributed by atoms with Crippen molar-refractivity contribution in [1.82, 2.24) is 19.8 Å². The number of likely N-dealkylation sites (tertiary alicyclic amines) is 1. The van der Waals surface area contributed by atoms with E-state index in [1.807, 2.05) is 24.2 Å². The van der Waals surface area contributed by atoms with Crippen LogP contribution >= 0.6 is 11.6 Å². The first-order valence-electron chi connectivity index (χ1n) is 9.68. The Morgan fingerprint density at radius 3 is 2.83 bits per heavy atom. The molecule has 1 aromatic carbocycles. The summed E-state index contributed by atoms with van der Waals surface area (Å²) in [4.78, 5) is 15.5. The number of carbonyl (C=O) groups is 1. The van der Waals surface area contributed by atoms with Gasteiger partial charge in [-0.15, -0.1) is 0 Å². The maximum atomic E-state index is 14.5. The van der Waals surface area contributed by atoms with E-state index in [1.165, 1.54) is 12.1 Å². The Bertz CT molecular complexity index is 1020. The fourth-order valence-corrected chi connectivity index (χ4v) is 4.18. The fourth-order valence-electron chi connectivity index (χ4n) is 3.93. The van der Waals surface area contributed by atoms with E-state index >= 15 is 0 Å². The van der Waals surface area contributed by atoms with Crippen molar-refractivity contribution < 1.29 is 13.7 Å². The highest BCUT2D eigenvalue weighted by molar-refractivity contribution is 6.33. The van der Waals surface area contributed by atoms with Crippen LogP contribution in [0.3, 0.4) is 0 Å². The van der Waals surface area contributed by atoms with Crippen LogP contribution in [0.25, 0.3) is 11.3 Å². The van der Waals surface area contributed by atoms with Crippen molar-refractivity contribution in [2.24, 2.45) is 7.05 Å². The molecule has 6 nitrogen and oxygen atoms in total. The van der Waals surface area contributed by atoms with Crippen LogP contribution in [0.1, 0.15) is 53.5 Å². The Labute approximate surface area is 173 Å². The molecule has 1 unspecified atom stereocenters. The van der Waals surface area contributed by atoms with E-state index in [-0.39, 0.29) is 33.8 Å². The van der Waals surface area contributed by atoms with E-state index in [2.05, 4.69) is 10.3 Å². The second-order valence-electron chi connectivity index (χ2n) is 7.34. The molecular formula is C21H22ClFN4O2. The SMILES string of the molecule is Cc1onc(-c2c(F)cccc2Cl)c1C(=O)N1CCCCCC1c1ccn(C)n1. The minimum atomic E-state index is -0.544. The smallest absolute Gasteiger partial charge is 0.260 e. The molecule has 0 radical (unpaired) electrons. The van der Waals surface area contributed by atoms with Gasteiger partial charge in [-0.2, -0.15) is 5.10 Å². The molecule has 3 heterocycles. The summed E-state index contributed by atoms with van der Waals surface area (Å²) in [5.41, 5.74) is 1.32. The van der Waals surface area contributed by atoms with Crippen molar-refractivity contribution in [3.05, 3.63) is 58.3 Å². The molecule has 1 saturated heterocycles. The summed E-state index contributed by atoms with van der Waals surface area (Å²) in [5, 5.41) is 8.69. The quantitative estimate of drug-likeness (QED) is 0.607. The molecule has 1 atom stereocenters. The van der Waals surface area contributed by atoms with E-state index < -0.39 is 5.82 Å². The number of rotatable bonds is 3. The van der Waals surface area contributed by atoms with Gasteiger partial charge in [0.1, 0.15) is 22.8 Å². The number of amides is 1. The lowest BCUT2D eigenvalue weighted by Crippen LogP contribution is -2.35. The molecule has 0 N–H and O–H groups in total. The average Bonchev–Trinajstić information content (AvgIpc) is 3.18. The van der Waals surface area contributed by atoms with Crippen LogP contribution in [-0.2, 0) is 7.05 Å². The summed E-state index contributed by atoms with van der Waals surface area (Å²) in [5.74, 6) is -0.444. The minimum Gasteiger partial charge on any atom is -0.360 e. The molecule has 3 aromatic rings. The zero-order chi connectivity index (χ0) is 20.5. The summed E-state index contributed by atoms with van der Waals surface area (Å²) in [7, 11) is 1.86. The maximum Gasteiger partial charge on any atom is 0.260 e. The largest absolute Gasteiger partial charge is 0.360 e. The van der Waals surface area contributed by atoms with Gasteiger partial charge in [0.25, 0.3) is 5.91 Å². The van der Waals surface area contributed by atoms with Crippen molar-refractivity contribution in [1.29, 1.82) is 0 Å². The van der Waals surface area contributed by atoms with Gasteiger partial charge in [0.05, 0.1) is 22.3 Å². The van der Waals surface area contributed by atoms with Crippen LogP contribution in [0, 0.1) is 12.7 Å². The van der Waals surface area contributed by atoms with Gasteiger partial charge in [-0.25, -0.2) is 4.39 Å². The van der Waals surface area contributed by atoms with E-state index in [1.54, 1.807) is 17.7 Å². The Hall–Kier alpha value is -2.67. The number of nitrogens with zero attached hydrogens (tertiary/aromatic N) is 4. The van der Waals surface area contributed by atoms with Gasteiger partial charge in [-0.3, -0.25) is 9.48 Å². The van der Waals surface area contributed by atoms with Crippen molar-refractivity contribution >= 4 is 17.5 Å². The molecule has 0 bridgehead atoms. The third kappa shape index (κ3) is 3.67. The molecule has 152 valence electrons. The number of carbonyl (C=O) groups excluding carboxylic acids is 1. The summed E-state index contributed by atoms with van der Waals surface area (Å²) in [6, 6.07) is 6.17. The van der Waals surface area contributed by atoms with E-state index in [0.29, 0.717) is 12.3 Å². The Balaban J connectivity index is 1.78. The van der Waals surface area contributed by atoms with E-state index in [4.69, 9.17) is 16.1 Å². The first kappa shape index (κ1) is 19.6. The van der Waals surface area contributed by atoms with Crippen LogP contribution in [0.5, 0.6) is 0 Å². The van der Waals surface area contributed by atoms with Gasteiger partial charge >= 0.3 is 0 Å². The molecule has 8 heteroatoms. The lowest BCUT2D eigenvalue weighted by molar-refractivity contribution is 0.0675. The predicted molar refractivity (Wildman–Crippen MR) is 107 cm³/mol. The summed E-state index contributed by atoms with van der Waals surface area (Å²) in [6.07, 6.45) is 5.65. The van der Waals surface area contributed by atoms with Crippen molar-refractivity contribution in [2.45, 2.75) is 38.6 Å². The maximum absolute atomic E-state index is 14.5. The summed E-state index contributed by atoms with van der Waals surface area (Å²) < 4.78 is 21.6. The van der Waals surface area contributed by atoms with Crippen LogP contribution in [0.2, 0.25) is 5.02 Å². The lowest BCUT2D eigenvalue weighted by atomic mass is 10.0. The van der Waals surface area contributed by atoms with Crippen LogP contribution in [-0.4, -0.2) is 32.3 Å². The van der Waals surface area contributed by atoms with Gasteiger partial charge in [0.2, 0.25) is 0 Å². The molecule has 1 aliphatic rings. The fraction of sp³-hybridized carbons (Fsp3) is 0.381. The molecule has 1 aliphatic heterocycles. The standard InChI is InChI=1S/C21H22ClFN4O2/c1-13-18(20(25-29-13)19-14(22)7-6-8-15(19)23)21(28)27-11-5-3-4-9-17(27)16-10-12-26(2)24-16/h6-8,10,12,17H,3-5,9,11H2,1-2H3. The first-order chi connectivity index (χ1) is 14.0. The highest BCUT2D eigenvalue weighted by atomic mass is 35.5. The molecule has 29 heavy (non-hydrogen) atoms. The monoisotopic (exact) mass is 416 g/mol. The van der Waals surface area contributed by atoms with E-state index in [0.717, 1.165) is 31.4 Å². The Kier molecular flexibility index (Phi) is 5.41. The third-order valence-electron chi connectivity index (χ3n) is 5.37. The topological polar surface area (TPSA) is 64.2 Å². The van der Waals surface area contributed by atoms with Crippen LogP contribution in [0.4, 0.5) is 4.39 Å². The normalized spacial score (nSPS) is 17.4. The van der Waals surface area contributed by atoms with Crippen molar-refractivity contribution in [2.75, 3.05) is 6.54 Å². The number of hydrogen-bond acceptors (Lipinski definition) is 4. The zero-order valence-electron chi connectivity index (χ0n) is 16.4. The predicted octanol–water partition coefficient (Wildman–Crippen LogP) is 4.93. The molecule has 1 amide bonds. The number of hydrogen-bond donors (Lipinski definition) is 0. The van der Waals surface area contributed by atoms with Crippen LogP contribution in [0.15, 0.2) is 35.0 Å². The number of aryl methyl sites for hydroxylation is 2. The molecule has 1 fully saturated rings. The van der Waals surface area contributed by atoms with Crippen molar-refractivity contribution in [3.63, 3.8) is 0 Å². The highest BCUT2D eigenvalue weighted by Gasteiger charge is 2.34. The Morgan fingerprint density at radius 1 is 1.28 bits per heavy atom. The average molecular weight is 417 g/mol. The third-order valence-corrected chi connectivity index (χ3v) is 5.68. The van der Waals surface area contributed by atoms with Crippen molar-refractivity contribution in [3.8, 4) is 11.3 Å². The second kappa shape index (κ2) is 7.99. The summed E-state index contributed by atoms with van der Waals surface area (Å²) in [6.45, 7) is 2.25. The van der Waals surface area contributed by atoms with Gasteiger partial charge in [-0.05, 0) is 38.0 Å². The number of benzene rings is 1. The minimum absolute atomic E-state index is 0.0820. The molecule has 0 spiro atoms.